The third kappa shape index (κ3) is 4.27. The van der Waals surface area contributed by atoms with E-state index in [2.05, 4.69) is 5.32 Å². The number of nitrogens with zero attached hydrogens (tertiary/aromatic N) is 2. The number of amides is 2. The lowest BCUT2D eigenvalue weighted by Gasteiger charge is -2.19. The number of anilines is 3. The number of halogens is 2. The number of carbonyl (C=O) groups excluding carboxylic acids is 2. The zero-order chi connectivity index (χ0) is 23.7. The van der Waals surface area contributed by atoms with E-state index in [1.54, 1.807) is 36.4 Å². The highest BCUT2D eigenvalue weighted by molar-refractivity contribution is 6.46. The van der Waals surface area contributed by atoms with E-state index in [-0.39, 0.29) is 11.3 Å². The fraction of sp³-hybridized carbons (Fsp3) is 0.120. The molecule has 0 aliphatic carbocycles. The first-order valence-electron chi connectivity index (χ1n) is 10.1. The van der Waals surface area contributed by atoms with Crippen LogP contribution in [-0.4, -0.2) is 33.0 Å². The van der Waals surface area contributed by atoms with Crippen molar-refractivity contribution in [2.45, 2.75) is 0 Å². The Morgan fingerprint density at radius 1 is 0.970 bits per heavy atom. The lowest BCUT2D eigenvalue weighted by Crippen LogP contribution is -2.32. The van der Waals surface area contributed by atoms with E-state index < -0.39 is 17.6 Å². The predicted molar refractivity (Wildman–Crippen MR) is 128 cm³/mol. The van der Waals surface area contributed by atoms with E-state index in [4.69, 9.17) is 16.3 Å². The van der Waals surface area contributed by atoms with Crippen molar-refractivity contribution in [3.8, 4) is 5.75 Å². The molecule has 0 saturated carbocycles. The summed E-state index contributed by atoms with van der Waals surface area (Å²) < 4.78 is 18.7. The zero-order valence-corrected chi connectivity index (χ0v) is 19.0. The Bertz CT molecular complexity index is 1270. The van der Waals surface area contributed by atoms with Crippen LogP contribution in [0.15, 0.2) is 72.4 Å². The highest BCUT2D eigenvalue weighted by Crippen LogP contribution is 2.36. The van der Waals surface area contributed by atoms with Crippen LogP contribution in [0.1, 0.15) is 5.56 Å². The van der Waals surface area contributed by atoms with Crippen molar-refractivity contribution < 1.29 is 18.7 Å². The molecule has 0 spiro atoms. The smallest absolute Gasteiger partial charge is 0.282 e. The number of ether oxygens (including phenoxy) is 1. The molecule has 0 unspecified atom stereocenters. The van der Waals surface area contributed by atoms with Gasteiger partial charge in [0.25, 0.3) is 11.8 Å². The molecule has 168 valence electrons. The van der Waals surface area contributed by atoms with Crippen LogP contribution >= 0.6 is 11.6 Å². The summed E-state index contributed by atoms with van der Waals surface area (Å²) in [7, 11) is 5.24. The number of imide groups is 1. The Hall–Kier alpha value is -3.84. The summed E-state index contributed by atoms with van der Waals surface area (Å²) in [6.07, 6.45) is 0. The van der Waals surface area contributed by atoms with Crippen LogP contribution in [0.2, 0.25) is 5.02 Å². The van der Waals surface area contributed by atoms with Gasteiger partial charge in [0.1, 0.15) is 17.3 Å². The van der Waals surface area contributed by atoms with Gasteiger partial charge in [-0.1, -0.05) is 29.8 Å². The Morgan fingerprint density at radius 3 is 2.33 bits per heavy atom. The standard InChI is InChI=1S/C25H21ClFN3O3/c1-29(2)18-5-4-6-19(14-18)30-24(31)22(15-7-9-16(27)10-8-15)23(25(30)32)28-17-11-12-21(33-3)20(26)13-17/h4-14,28H,1-3H3. The van der Waals surface area contributed by atoms with Gasteiger partial charge in [0.2, 0.25) is 0 Å². The van der Waals surface area contributed by atoms with Gasteiger partial charge in [-0.2, -0.15) is 0 Å². The van der Waals surface area contributed by atoms with Crippen LogP contribution in [0.5, 0.6) is 5.75 Å². The average molecular weight is 466 g/mol. The third-order valence-corrected chi connectivity index (χ3v) is 5.54. The fourth-order valence-corrected chi connectivity index (χ4v) is 3.82. The number of hydrogen-bond donors (Lipinski definition) is 1. The lowest BCUT2D eigenvalue weighted by molar-refractivity contribution is -0.120. The molecule has 0 bridgehead atoms. The van der Waals surface area contributed by atoms with Crippen molar-refractivity contribution in [1.29, 1.82) is 0 Å². The molecule has 1 N–H and O–H groups in total. The molecule has 0 fully saturated rings. The van der Waals surface area contributed by atoms with Gasteiger partial charge in [-0.3, -0.25) is 9.59 Å². The van der Waals surface area contributed by atoms with Crippen molar-refractivity contribution in [3.63, 3.8) is 0 Å². The Balaban J connectivity index is 1.80. The second kappa shape index (κ2) is 8.96. The van der Waals surface area contributed by atoms with Gasteiger partial charge < -0.3 is 15.0 Å². The van der Waals surface area contributed by atoms with Crippen LogP contribution in [0.25, 0.3) is 5.57 Å². The summed E-state index contributed by atoms with van der Waals surface area (Å²) in [5.41, 5.74) is 2.40. The summed E-state index contributed by atoms with van der Waals surface area (Å²) in [5.74, 6) is -0.999. The summed E-state index contributed by atoms with van der Waals surface area (Å²) in [5, 5.41) is 3.38. The first-order valence-corrected chi connectivity index (χ1v) is 10.4. The Kier molecular flexibility index (Phi) is 6.07. The molecule has 0 radical (unpaired) electrons. The molecular weight excluding hydrogens is 445 g/mol. The summed E-state index contributed by atoms with van der Waals surface area (Å²) >= 11 is 6.23. The molecule has 0 saturated heterocycles. The van der Waals surface area contributed by atoms with E-state index in [1.807, 2.05) is 25.1 Å². The largest absolute Gasteiger partial charge is 0.495 e. The number of carbonyl (C=O) groups is 2. The van der Waals surface area contributed by atoms with Crippen molar-refractivity contribution in [1.82, 2.24) is 0 Å². The minimum Gasteiger partial charge on any atom is -0.495 e. The molecule has 3 aromatic carbocycles. The van der Waals surface area contributed by atoms with E-state index in [0.717, 1.165) is 10.6 Å². The van der Waals surface area contributed by atoms with Crippen LogP contribution in [0.3, 0.4) is 0 Å². The van der Waals surface area contributed by atoms with Gasteiger partial charge in [0.15, 0.2) is 0 Å². The predicted octanol–water partition coefficient (Wildman–Crippen LogP) is 4.95. The molecule has 3 aromatic rings. The van der Waals surface area contributed by atoms with Gasteiger partial charge >= 0.3 is 0 Å². The van der Waals surface area contributed by atoms with E-state index in [1.165, 1.54) is 31.4 Å². The molecule has 1 heterocycles. The maximum atomic E-state index is 13.5. The van der Waals surface area contributed by atoms with Crippen molar-refractivity contribution in [3.05, 3.63) is 88.8 Å². The molecule has 4 rings (SSSR count). The van der Waals surface area contributed by atoms with Gasteiger partial charge in [-0.15, -0.1) is 0 Å². The van der Waals surface area contributed by atoms with E-state index in [9.17, 15) is 14.0 Å². The topological polar surface area (TPSA) is 61.9 Å². The average Bonchev–Trinajstić information content (AvgIpc) is 3.04. The van der Waals surface area contributed by atoms with Gasteiger partial charge in [0.05, 0.1) is 23.4 Å². The Labute approximate surface area is 195 Å². The first-order chi connectivity index (χ1) is 15.8. The minimum absolute atomic E-state index is 0.0723. The van der Waals surface area contributed by atoms with Gasteiger partial charge in [-0.05, 0) is 54.1 Å². The molecule has 33 heavy (non-hydrogen) atoms. The monoisotopic (exact) mass is 465 g/mol. The van der Waals surface area contributed by atoms with Crippen LogP contribution < -0.4 is 19.9 Å². The number of hydrogen-bond acceptors (Lipinski definition) is 5. The van der Waals surface area contributed by atoms with Crippen LogP contribution in [0, 0.1) is 5.82 Å². The number of benzene rings is 3. The van der Waals surface area contributed by atoms with Crippen molar-refractivity contribution in [2.75, 3.05) is 36.3 Å². The fourth-order valence-electron chi connectivity index (χ4n) is 3.56. The second-order valence-corrected chi connectivity index (χ2v) is 8.00. The van der Waals surface area contributed by atoms with Gasteiger partial charge in [-0.25, -0.2) is 9.29 Å². The quantitative estimate of drug-likeness (QED) is 0.522. The maximum Gasteiger partial charge on any atom is 0.282 e. The first kappa shape index (κ1) is 22.4. The molecule has 0 atom stereocenters. The van der Waals surface area contributed by atoms with E-state index in [0.29, 0.717) is 27.7 Å². The summed E-state index contributed by atoms with van der Waals surface area (Å²) in [6.45, 7) is 0. The van der Waals surface area contributed by atoms with Crippen LogP contribution in [0.4, 0.5) is 21.5 Å². The van der Waals surface area contributed by atoms with Gasteiger partial charge in [0, 0.05) is 25.5 Å². The number of methoxy groups -OCH3 is 1. The van der Waals surface area contributed by atoms with Crippen LogP contribution in [-0.2, 0) is 9.59 Å². The molecule has 1 aliphatic heterocycles. The second-order valence-electron chi connectivity index (χ2n) is 7.59. The van der Waals surface area contributed by atoms with E-state index >= 15 is 0 Å². The minimum atomic E-state index is -0.526. The molecule has 8 heteroatoms. The molecule has 0 aromatic heterocycles. The summed E-state index contributed by atoms with van der Waals surface area (Å²) in [6, 6.07) is 17.5. The maximum absolute atomic E-state index is 13.5. The molecule has 1 aliphatic rings. The zero-order valence-electron chi connectivity index (χ0n) is 18.2. The lowest BCUT2D eigenvalue weighted by atomic mass is 10.0. The normalized spacial score (nSPS) is 13.5. The summed E-state index contributed by atoms with van der Waals surface area (Å²) in [4.78, 5) is 30.0. The van der Waals surface area contributed by atoms with Crippen molar-refractivity contribution >= 4 is 46.1 Å². The molecular formula is C25H21ClFN3O3. The third-order valence-electron chi connectivity index (χ3n) is 5.24. The molecule has 2 amide bonds. The SMILES string of the molecule is COc1ccc(NC2=C(c3ccc(F)cc3)C(=O)N(c3cccc(N(C)C)c3)C2=O)cc1Cl. The highest BCUT2D eigenvalue weighted by Gasteiger charge is 2.40. The molecule has 6 nitrogen and oxygen atoms in total. The number of rotatable bonds is 6. The highest BCUT2D eigenvalue weighted by atomic mass is 35.5. The Morgan fingerprint density at radius 2 is 1.70 bits per heavy atom. The van der Waals surface area contributed by atoms with Crippen molar-refractivity contribution in [2.24, 2.45) is 0 Å². The number of nitrogens with one attached hydrogen (secondary N) is 1.